The second-order valence-corrected chi connectivity index (χ2v) is 10.8. The smallest absolute Gasteiger partial charge is 0.158 e. The number of fused-ring (bicyclic) bond motifs is 2. The minimum atomic E-state index is -0.279. The highest BCUT2D eigenvalue weighted by molar-refractivity contribution is 5.83. The van der Waals surface area contributed by atoms with E-state index >= 15 is 0 Å². The van der Waals surface area contributed by atoms with Crippen molar-refractivity contribution >= 4 is 5.78 Å². The number of Topliss-reactive ketones (excluding diaryl/α,β-unsaturated/α-hetero) is 1. The molecule has 32 heavy (non-hydrogen) atoms. The molecule has 3 fully saturated rings. The summed E-state index contributed by atoms with van der Waals surface area (Å²) in [5.74, 6) is 1.88. The highest BCUT2D eigenvalue weighted by Crippen LogP contribution is 2.67. The number of benzene rings is 1. The van der Waals surface area contributed by atoms with E-state index in [0.29, 0.717) is 56.2 Å². The monoisotopic (exact) mass is 438 g/mol. The summed E-state index contributed by atoms with van der Waals surface area (Å²) >= 11 is 0. The third-order valence-electron chi connectivity index (χ3n) is 9.27. The number of ketones is 1. The van der Waals surface area contributed by atoms with E-state index in [4.69, 9.17) is 14.2 Å². The molecule has 1 heterocycles. The Bertz CT molecular complexity index is 850. The number of carbonyl (C=O) groups is 1. The van der Waals surface area contributed by atoms with Crippen molar-refractivity contribution in [3.8, 4) is 0 Å². The second kappa shape index (κ2) is 8.70. The lowest BCUT2D eigenvalue weighted by Crippen LogP contribution is -2.69. The van der Waals surface area contributed by atoms with Crippen LogP contribution < -0.4 is 0 Å². The van der Waals surface area contributed by atoms with E-state index in [-0.39, 0.29) is 29.1 Å². The van der Waals surface area contributed by atoms with Crippen LogP contribution in [-0.4, -0.2) is 31.4 Å². The number of rotatable bonds is 6. The topological polar surface area (TPSA) is 44.8 Å². The maximum atomic E-state index is 13.4. The minimum absolute atomic E-state index is 0.00912. The van der Waals surface area contributed by atoms with Gasteiger partial charge >= 0.3 is 0 Å². The Morgan fingerprint density at radius 2 is 2.00 bits per heavy atom. The molecular formula is C28H38O4. The number of allylic oxidation sites excluding steroid dienone is 2. The van der Waals surface area contributed by atoms with E-state index in [0.717, 1.165) is 19.3 Å². The zero-order chi connectivity index (χ0) is 22.3. The fourth-order valence-corrected chi connectivity index (χ4v) is 7.89. The van der Waals surface area contributed by atoms with E-state index < -0.39 is 0 Å². The van der Waals surface area contributed by atoms with Crippen molar-refractivity contribution in [3.05, 3.63) is 48.0 Å². The zero-order valence-electron chi connectivity index (χ0n) is 19.8. The van der Waals surface area contributed by atoms with Crippen molar-refractivity contribution in [2.45, 2.75) is 71.9 Å². The molecule has 1 saturated heterocycles. The highest BCUT2D eigenvalue weighted by Gasteiger charge is 2.68. The van der Waals surface area contributed by atoms with Gasteiger partial charge in [0.25, 0.3) is 0 Å². The quantitative estimate of drug-likeness (QED) is 0.546. The number of hydrogen-bond donors (Lipinski definition) is 0. The summed E-state index contributed by atoms with van der Waals surface area (Å²) in [4.78, 5) is 13.4. The molecule has 4 aliphatic rings. The van der Waals surface area contributed by atoms with Gasteiger partial charge in [0.05, 0.1) is 19.3 Å². The molecular weight excluding hydrogens is 400 g/mol. The molecule has 1 aromatic rings. The van der Waals surface area contributed by atoms with Crippen molar-refractivity contribution in [1.82, 2.24) is 0 Å². The molecule has 0 bridgehead atoms. The largest absolute Gasteiger partial charge is 0.376 e. The van der Waals surface area contributed by atoms with Crippen LogP contribution in [0.5, 0.6) is 0 Å². The van der Waals surface area contributed by atoms with Crippen LogP contribution in [0.2, 0.25) is 0 Å². The van der Waals surface area contributed by atoms with Gasteiger partial charge in [-0.15, -0.1) is 0 Å². The van der Waals surface area contributed by atoms with Crippen molar-refractivity contribution in [2.24, 2.45) is 34.5 Å². The van der Waals surface area contributed by atoms with Gasteiger partial charge in [0.15, 0.2) is 6.29 Å². The molecule has 1 aromatic carbocycles. The summed E-state index contributed by atoms with van der Waals surface area (Å²) in [7, 11) is 0. The van der Waals surface area contributed by atoms with Crippen LogP contribution in [0.1, 0.15) is 58.4 Å². The van der Waals surface area contributed by atoms with Gasteiger partial charge < -0.3 is 14.2 Å². The molecule has 8 atom stereocenters. The molecule has 5 rings (SSSR count). The van der Waals surface area contributed by atoms with Gasteiger partial charge in [-0.25, -0.2) is 0 Å². The van der Waals surface area contributed by atoms with Gasteiger partial charge in [-0.05, 0) is 54.9 Å². The number of carbonyl (C=O) groups excluding carboxylic acids is 1. The Morgan fingerprint density at radius 1 is 1.19 bits per heavy atom. The molecule has 4 nitrogen and oxygen atoms in total. The summed E-state index contributed by atoms with van der Waals surface area (Å²) in [6.07, 6.45) is 8.89. The predicted octanol–water partition coefficient (Wildman–Crippen LogP) is 5.56. The van der Waals surface area contributed by atoms with E-state index in [2.05, 4.69) is 50.3 Å². The molecule has 0 unspecified atom stereocenters. The van der Waals surface area contributed by atoms with Gasteiger partial charge in [0.2, 0.25) is 0 Å². The summed E-state index contributed by atoms with van der Waals surface area (Å²) in [5.41, 5.74) is 1.10. The van der Waals surface area contributed by atoms with Crippen LogP contribution >= 0.6 is 0 Å². The van der Waals surface area contributed by atoms with Gasteiger partial charge in [0.1, 0.15) is 5.78 Å². The molecule has 4 heteroatoms. The van der Waals surface area contributed by atoms with E-state index in [9.17, 15) is 4.79 Å². The molecule has 0 N–H and O–H groups in total. The van der Waals surface area contributed by atoms with E-state index in [1.165, 1.54) is 5.56 Å². The third-order valence-corrected chi connectivity index (χ3v) is 9.27. The Morgan fingerprint density at radius 3 is 2.78 bits per heavy atom. The van der Waals surface area contributed by atoms with Gasteiger partial charge in [0, 0.05) is 30.8 Å². The van der Waals surface area contributed by atoms with Gasteiger partial charge in [-0.2, -0.15) is 0 Å². The summed E-state index contributed by atoms with van der Waals surface area (Å²) in [6, 6.07) is 10.3. The van der Waals surface area contributed by atoms with Crippen molar-refractivity contribution in [1.29, 1.82) is 0 Å². The number of ether oxygens (including phenoxy) is 3. The highest BCUT2D eigenvalue weighted by atomic mass is 16.7. The van der Waals surface area contributed by atoms with Gasteiger partial charge in [-0.3, -0.25) is 4.79 Å². The maximum absolute atomic E-state index is 13.4. The van der Waals surface area contributed by atoms with Crippen molar-refractivity contribution in [3.63, 3.8) is 0 Å². The first-order chi connectivity index (χ1) is 15.5. The average Bonchev–Trinajstić information content (AvgIpc) is 2.78. The normalized spacial score (nSPS) is 42.9. The lowest BCUT2D eigenvalue weighted by molar-refractivity contribution is -0.310. The standard InChI is InChI=1S/C28H38O4/c1-4-31-26-16-22-23(29)12-13-24-27(3)14-8-9-19(2)21(27)15-25(32-26)28(22,24)18-30-17-20-10-6-5-7-11-20/h5-11,19,21-22,24-26H,4,12-18H2,1-3H3/t19-,21+,22+,24-,25-,26-,27+,28+/m1/s1. The lowest BCUT2D eigenvalue weighted by Gasteiger charge is -2.67. The van der Waals surface area contributed by atoms with Crippen LogP contribution in [0, 0.1) is 34.5 Å². The van der Waals surface area contributed by atoms with Gasteiger partial charge in [-0.1, -0.05) is 56.3 Å². The fourth-order valence-electron chi connectivity index (χ4n) is 7.89. The number of hydrogen-bond acceptors (Lipinski definition) is 4. The molecule has 0 aromatic heterocycles. The van der Waals surface area contributed by atoms with Crippen molar-refractivity contribution in [2.75, 3.05) is 13.2 Å². The zero-order valence-corrected chi connectivity index (χ0v) is 19.8. The summed E-state index contributed by atoms with van der Waals surface area (Å²) in [6.45, 7) is 8.62. The second-order valence-electron chi connectivity index (χ2n) is 10.8. The van der Waals surface area contributed by atoms with Crippen LogP contribution in [0.3, 0.4) is 0 Å². The van der Waals surface area contributed by atoms with E-state index in [1.807, 2.05) is 13.0 Å². The third kappa shape index (κ3) is 3.50. The SMILES string of the molecule is CCO[C@H]1C[C@H]2C(=O)CC[C@@H]3[C@@]4(C)CC=C[C@@H](C)[C@@H]4C[C@@H](O1)[C@]32COCc1ccccc1. The molecule has 0 amide bonds. The molecule has 3 aliphatic carbocycles. The van der Waals surface area contributed by atoms with Crippen molar-refractivity contribution < 1.29 is 19.0 Å². The first-order valence-corrected chi connectivity index (χ1v) is 12.6. The maximum Gasteiger partial charge on any atom is 0.158 e. The first-order valence-electron chi connectivity index (χ1n) is 12.6. The predicted molar refractivity (Wildman–Crippen MR) is 124 cm³/mol. The Balaban J connectivity index is 1.51. The van der Waals surface area contributed by atoms with E-state index in [1.54, 1.807) is 0 Å². The Kier molecular flexibility index (Phi) is 6.06. The molecule has 2 saturated carbocycles. The molecule has 174 valence electrons. The minimum Gasteiger partial charge on any atom is -0.376 e. The lowest BCUT2D eigenvalue weighted by atomic mass is 9.40. The fraction of sp³-hybridized carbons (Fsp3) is 0.679. The summed E-state index contributed by atoms with van der Waals surface area (Å²) < 4.78 is 19.1. The Hall–Kier alpha value is -1.49. The molecule has 0 spiro atoms. The first kappa shape index (κ1) is 22.3. The van der Waals surface area contributed by atoms with Crippen LogP contribution in [-0.2, 0) is 25.6 Å². The average molecular weight is 439 g/mol. The van der Waals surface area contributed by atoms with Crippen LogP contribution in [0.25, 0.3) is 0 Å². The van der Waals surface area contributed by atoms with Crippen LogP contribution in [0.15, 0.2) is 42.5 Å². The van der Waals surface area contributed by atoms with Crippen LogP contribution in [0.4, 0.5) is 0 Å². The Labute approximate surface area is 192 Å². The molecule has 0 radical (unpaired) electrons. The molecule has 1 aliphatic heterocycles. The summed E-state index contributed by atoms with van der Waals surface area (Å²) in [5, 5.41) is 0.